The summed E-state index contributed by atoms with van der Waals surface area (Å²) in [6.07, 6.45) is 4.30. The Morgan fingerprint density at radius 3 is 2.52 bits per heavy atom. The number of aromatic nitrogens is 1. The summed E-state index contributed by atoms with van der Waals surface area (Å²) >= 11 is 1.44. The average Bonchev–Trinajstić information content (AvgIpc) is 3.06. The number of nitrogens with zero attached hydrogens (tertiary/aromatic N) is 1. The van der Waals surface area contributed by atoms with Crippen molar-refractivity contribution in [3.63, 3.8) is 0 Å². The van der Waals surface area contributed by atoms with Gasteiger partial charge in [-0.3, -0.25) is 4.79 Å². The molecule has 1 aromatic carbocycles. The Balaban J connectivity index is 0.00000192. The van der Waals surface area contributed by atoms with E-state index < -0.39 is 0 Å². The molecule has 1 heterocycles. The topological polar surface area (TPSA) is 68.0 Å². The van der Waals surface area contributed by atoms with E-state index in [0.29, 0.717) is 18.2 Å². The molecule has 23 heavy (non-hydrogen) atoms. The quantitative estimate of drug-likeness (QED) is 0.886. The van der Waals surface area contributed by atoms with Crippen molar-refractivity contribution in [2.24, 2.45) is 5.73 Å². The summed E-state index contributed by atoms with van der Waals surface area (Å²) in [4.78, 5) is 16.4. The lowest BCUT2D eigenvalue weighted by Gasteiger charge is -2.29. The highest BCUT2D eigenvalue weighted by Gasteiger charge is 2.24. The summed E-state index contributed by atoms with van der Waals surface area (Å²) in [5, 5.41) is 5.70. The van der Waals surface area contributed by atoms with Crippen LogP contribution in [-0.2, 0) is 6.54 Å². The van der Waals surface area contributed by atoms with E-state index in [0.717, 1.165) is 30.7 Å². The molecule has 0 saturated heterocycles. The fourth-order valence-corrected chi connectivity index (χ4v) is 3.72. The Morgan fingerprint density at radius 1 is 1.22 bits per heavy atom. The maximum absolute atomic E-state index is 12.2. The lowest BCUT2D eigenvalue weighted by molar-refractivity contribution is 0.0921. The zero-order valence-corrected chi connectivity index (χ0v) is 14.5. The third-order valence-electron chi connectivity index (χ3n) is 4.29. The molecule has 0 atom stereocenters. The predicted octanol–water partition coefficient (Wildman–Crippen LogP) is 3.48. The Kier molecular flexibility index (Phi) is 6.57. The Hall–Kier alpha value is -1.43. The lowest BCUT2D eigenvalue weighted by Crippen LogP contribution is -2.37. The van der Waals surface area contributed by atoms with Crippen LogP contribution in [0.1, 0.15) is 52.7 Å². The van der Waals surface area contributed by atoms with Crippen molar-refractivity contribution in [1.29, 1.82) is 0 Å². The lowest BCUT2D eigenvalue weighted by atomic mass is 9.82. The highest BCUT2D eigenvalue weighted by Crippen LogP contribution is 2.32. The third kappa shape index (κ3) is 4.53. The number of nitrogens with two attached hydrogens (primary N) is 1. The van der Waals surface area contributed by atoms with Crippen LogP contribution in [-0.4, -0.2) is 16.9 Å². The largest absolute Gasteiger partial charge is 0.348 e. The molecule has 0 unspecified atom stereocenters. The van der Waals surface area contributed by atoms with Crippen molar-refractivity contribution in [3.05, 3.63) is 52.0 Å². The van der Waals surface area contributed by atoms with Crippen molar-refractivity contribution in [2.75, 3.05) is 0 Å². The van der Waals surface area contributed by atoms with Crippen LogP contribution >= 0.6 is 23.7 Å². The molecule has 1 aromatic heterocycles. The molecular weight excluding hydrogens is 330 g/mol. The first-order valence-electron chi connectivity index (χ1n) is 7.76. The number of thiazole rings is 1. The maximum Gasteiger partial charge on any atom is 0.270 e. The van der Waals surface area contributed by atoms with E-state index in [2.05, 4.69) is 40.6 Å². The van der Waals surface area contributed by atoms with E-state index in [4.69, 9.17) is 5.73 Å². The van der Waals surface area contributed by atoms with Gasteiger partial charge in [0.25, 0.3) is 5.91 Å². The van der Waals surface area contributed by atoms with Crippen molar-refractivity contribution in [1.82, 2.24) is 10.3 Å². The monoisotopic (exact) mass is 351 g/mol. The van der Waals surface area contributed by atoms with Crippen LogP contribution in [0.5, 0.6) is 0 Å². The molecule has 1 aliphatic rings. The van der Waals surface area contributed by atoms with Crippen LogP contribution < -0.4 is 11.1 Å². The van der Waals surface area contributed by atoms with E-state index in [-0.39, 0.29) is 24.4 Å². The molecular formula is C17H22ClN3OS. The molecule has 6 heteroatoms. The van der Waals surface area contributed by atoms with Crippen LogP contribution in [0.3, 0.4) is 0 Å². The van der Waals surface area contributed by atoms with E-state index in [9.17, 15) is 4.79 Å². The number of amides is 1. The fourth-order valence-electron chi connectivity index (χ4n) is 3.06. The standard InChI is InChI=1S/C17H21N3OS.ClH/c18-10-16-20-15(11-22-16)17(21)19-14-8-6-13(7-9-14)12-4-2-1-3-5-12;/h1-5,11,13-14H,6-10,18H2,(H,19,21);1H. The van der Waals surface area contributed by atoms with Gasteiger partial charge >= 0.3 is 0 Å². The van der Waals surface area contributed by atoms with Crippen molar-refractivity contribution < 1.29 is 4.79 Å². The molecule has 4 nitrogen and oxygen atoms in total. The highest BCUT2D eigenvalue weighted by molar-refractivity contribution is 7.09. The van der Waals surface area contributed by atoms with Gasteiger partial charge in [-0.2, -0.15) is 0 Å². The molecule has 0 radical (unpaired) electrons. The zero-order chi connectivity index (χ0) is 15.4. The van der Waals surface area contributed by atoms with Gasteiger partial charge in [0.05, 0.1) is 0 Å². The van der Waals surface area contributed by atoms with Gasteiger partial charge in [-0.15, -0.1) is 23.7 Å². The molecule has 1 fully saturated rings. The Labute approximate surface area is 146 Å². The van der Waals surface area contributed by atoms with Gasteiger partial charge < -0.3 is 11.1 Å². The summed E-state index contributed by atoms with van der Waals surface area (Å²) < 4.78 is 0. The second-order valence-electron chi connectivity index (χ2n) is 5.76. The van der Waals surface area contributed by atoms with Gasteiger partial charge in [0.1, 0.15) is 10.7 Å². The van der Waals surface area contributed by atoms with E-state index in [1.165, 1.54) is 16.9 Å². The molecule has 124 valence electrons. The summed E-state index contributed by atoms with van der Waals surface area (Å²) in [5.41, 5.74) is 7.45. The first kappa shape index (κ1) is 17.9. The van der Waals surface area contributed by atoms with Crippen molar-refractivity contribution in [3.8, 4) is 0 Å². The highest BCUT2D eigenvalue weighted by atomic mass is 35.5. The molecule has 3 N–H and O–H groups in total. The molecule has 0 spiro atoms. The van der Waals surface area contributed by atoms with Crippen LogP contribution in [0, 0.1) is 0 Å². The number of carbonyl (C=O) groups is 1. The third-order valence-corrected chi connectivity index (χ3v) is 5.16. The minimum atomic E-state index is -0.0703. The molecule has 1 saturated carbocycles. The van der Waals surface area contributed by atoms with Crippen LogP contribution in [0.25, 0.3) is 0 Å². The first-order chi connectivity index (χ1) is 10.8. The van der Waals surface area contributed by atoms with Crippen LogP contribution in [0.2, 0.25) is 0 Å². The van der Waals surface area contributed by atoms with Crippen molar-refractivity contribution in [2.45, 2.75) is 44.2 Å². The number of hydrogen-bond donors (Lipinski definition) is 2. The summed E-state index contributed by atoms with van der Waals surface area (Å²) in [5.74, 6) is 0.552. The fraction of sp³-hybridized carbons (Fsp3) is 0.412. The number of carbonyl (C=O) groups excluding carboxylic acids is 1. The van der Waals surface area contributed by atoms with Gasteiger partial charge in [-0.1, -0.05) is 30.3 Å². The average molecular weight is 352 g/mol. The SMILES string of the molecule is Cl.NCc1nc(C(=O)NC2CCC(c3ccccc3)CC2)cs1. The molecule has 0 aliphatic heterocycles. The molecule has 1 amide bonds. The Morgan fingerprint density at radius 2 is 1.91 bits per heavy atom. The summed E-state index contributed by atoms with van der Waals surface area (Å²) in [7, 11) is 0. The molecule has 1 aliphatic carbocycles. The normalized spacial score (nSPS) is 20.6. The number of rotatable bonds is 4. The molecule has 2 aromatic rings. The van der Waals surface area contributed by atoms with Crippen molar-refractivity contribution >= 4 is 29.7 Å². The summed E-state index contributed by atoms with van der Waals surface area (Å²) in [6, 6.07) is 10.9. The second-order valence-corrected chi connectivity index (χ2v) is 6.71. The van der Waals surface area contributed by atoms with E-state index in [1.807, 2.05) is 0 Å². The van der Waals surface area contributed by atoms with Gasteiger partial charge in [0.2, 0.25) is 0 Å². The minimum Gasteiger partial charge on any atom is -0.348 e. The number of hydrogen-bond acceptors (Lipinski definition) is 4. The minimum absolute atomic E-state index is 0. The Bertz CT molecular complexity index is 624. The predicted molar refractivity (Wildman–Crippen MR) is 96.2 cm³/mol. The second kappa shape index (κ2) is 8.43. The van der Waals surface area contributed by atoms with Gasteiger partial charge in [0.15, 0.2) is 0 Å². The van der Waals surface area contributed by atoms with E-state index >= 15 is 0 Å². The van der Waals surface area contributed by atoms with Gasteiger partial charge in [0, 0.05) is 18.0 Å². The smallest absolute Gasteiger partial charge is 0.270 e. The number of benzene rings is 1. The van der Waals surface area contributed by atoms with Crippen LogP contribution in [0.15, 0.2) is 35.7 Å². The molecule has 0 bridgehead atoms. The maximum atomic E-state index is 12.2. The summed E-state index contributed by atoms with van der Waals surface area (Å²) in [6.45, 7) is 0.389. The number of halogens is 1. The van der Waals surface area contributed by atoms with Gasteiger partial charge in [-0.05, 0) is 37.2 Å². The molecule has 3 rings (SSSR count). The van der Waals surface area contributed by atoms with Crippen LogP contribution in [0.4, 0.5) is 0 Å². The number of nitrogens with one attached hydrogen (secondary N) is 1. The van der Waals surface area contributed by atoms with E-state index in [1.54, 1.807) is 5.38 Å². The zero-order valence-electron chi connectivity index (χ0n) is 12.9. The van der Waals surface area contributed by atoms with Gasteiger partial charge in [-0.25, -0.2) is 4.98 Å². The first-order valence-corrected chi connectivity index (χ1v) is 8.64.